The van der Waals surface area contributed by atoms with Crippen molar-refractivity contribution in [2.24, 2.45) is 4.99 Å². The van der Waals surface area contributed by atoms with Gasteiger partial charge >= 0.3 is 0 Å². The van der Waals surface area contributed by atoms with Crippen LogP contribution in [0.4, 0.5) is 0 Å². The Labute approximate surface area is 173 Å². The smallest absolute Gasteiger partial charge is 0.263 e. The van der Waals surface area contributed by atoms with Crippen molar-refractivity contribution >= 4 is 34.2 Å². The number of amides is 1. The van der Waals surface area contributed by atoms with Gasteiger partial charge in [0, 0.05) is 37.7 Å². The summed E-state index contributed by atoms with van der Waals surface area (Å²) in [5.41, 5.74) is 0.636. The maximum absolute atomic E-state index is 12.4. The van der Waals surface area contributed by atoms with Crippen molar-refractivity contribution < 1.29 is 13.2 Å². The molecule has 0 radical (unpaired) electrons. The van der Waals surface area contributed by atoms with Gasteiger partial charge in [0.25, 0.3) is 10.0 Å². The molecule has 9 heteroatoms. The fraction of sp³-hybridized carbons (Fsp3) is 0.579. The van der Waals surface area contributed by atoms with Gasteiger partial charge < -0.3 is 10.2 Å². The Morgan fingerprint density at radius 2 is 2.07 bits per heavy atom. The van der Waals surface area contributed by atoms with Gasteiger partial charge in [-0.25, -0.2) is 8.42 Å². The van der Waals surface area contributed by atoms with E-state index < -0.39 is 10.0 Å². The number of fused-ring (bicyclic) bond motifs is 1. The standard InChI is InChI=1S/C19H28N4O3S.ClH/c1-20-14-15-8-7-13-23(15)18(24)11-3-2-6-12-21-19-16-9-4-5-10-17(16)27(25,26)22-19;/h4-5,9-10,15,20H,2-3,6-8,11-14H2,1H3,(H,21,22);1H. The molecular formula is C19H29ClN4O3S. The summed E-state index contributed by atoms with van der Waals surface area (Å²) in [5, 5.41) is 3.16. The van der Waals surface area contributed by atoms with Crippen LogP contribution in [0.1, 0.15) is 44.1 Å². The first-order valence-electron chi connectivity index (χ1n) is 9.63. The Morgan fingerprint density at radius 1 is 1.29 bits per heavy atom. The van der Waals surface area contributed by atoms with Crippen LogP contribution in [0.25, 0.3) is 0 Å². The Kier molecular flexibility index (Phi) is 8.27. The maximum Gasteiger partial charge on any atom is 0.263 e. The molecule has 0 saturated carbocycles. The van der Waals surface area contributed by atoms with Gasteiger partial charge in [-0.05, 0) is 44.9 Å². The molecule has 2 aliphatic heterocycles. The third-order valence-corrected chi connectivity index (χ3v) is 6.52. The van der Waals surface area contributed by atoms with Gasteiger partial charge in [-0.1, -0.05) is 18.6 Å². The highest BCUT2D eigenvalue weighted by Crippen LogP contribution is 2.22. The average molecular weight is 429 g/mol. The van der Waals surface area contributed by atoms with Gasteiger partial charge in [0.2, 0.25) is 5.91 Å². The van der Waals surface area contributed by atoms with E-state index in [1.165, 1.54) is 0 Å². The highest BCUT2D eigenvalue weighted by atomic mass is 35.5. The summed E-state index contributed by atoms with van der Waals surface area (Å²) in [5.74, 6) is 0.671. The van der Waals surface area contributed by atoms with E-state index in [0.29, 0.717) is 30.4 Å². The Balaban J connectivity index is 0.00000280. The minimum absolute atomic E-state index is 0. The second-order valence-electron chi connectivity index (χ2n) is 7.08. The topological polar surface area (TPSA) is 90.9 Å². The van der Waals surface area contributed by atoms with E-state index in [9.17, 15) is 13.2 Å². The zero-order chi connectivity index (χ0) is 19.3. The summed E-state index contributed by atoms with van der Waals surface area (Å²) in [6.07, 6.45) is 5.33. The number of aliphatic imine (C=N–C) groups is 1. The molecule has 2 N–H and O–H groups in total. The van der Waals surface area contributed by atoms with Crippen LogP contribution in [0.2, 0.25) is 0 Å². The first kappa shape index (κ1) is 22.6. The highest BCUT2D eigenvalue weighted by molar-refractivity contribution is 7.90. The van der Waals surface area contributed by atoms with Crippen LogP contribution >= 0.6 is 12.4 Å². The Hall–Kier alpha value is -1.64. The lowest BCUT2D eigenvalue weighted by Gasteiger charge is -2.24. The number of nitrogens with one attached hydrogen (secondary N) is 2. The van der Waals surface area contributed by atoms with Crippen molar-refractivity contribution in [2.45, 2.75) is 49.5 Å². The van der Waals surface area contributed by atoms with E-state index in [2.05, 4.69) is 15.0 Å². The van der Waals surface area contributed by atoms with Crippen LogP contribution in [0.15, 0.2) is 34.2 Å². The number of rotatable bonds is 8. The van der Waals surface area contributed by atoms with Crippen LogP contribution < -0.4 is 10.0 Å². The molecule has 2 heterocycles. The van der Waals surface area contributed by atoms with E-state index in [1.54, 1.807) is 18.2 Å². The molecule has 1 unspecified atom stereocenters. The van der Waals surface area contributed by atoms with Crippen molar-refractivity contribution in [1.29, 1.82) is 0 Å². The largest absolute Gasteiger partial charge is 0.338 e. The molecule has 0 aromatic heterocycles. The molecule has 0 spiro atoms. The fourth-order valence-electron chi connectivity index (χ4n) is 3.76. The van der Waals surface area contributed by atoms with Crippen molar-refractivity contribution in [1.82, 2.24) is 14.9 Å². The van der Waals surface area contributed by atoms with Gasteiger partial charge in [-0.2, -0.15) is 0 Å². The van der Waals surface area contributed by atoms with E-state index in [0.717, 1.165) is 45.2 Å². The molecule has 1 amide bonds. The number of carbonyl (C=O) groups is 1. The molecule has 1 atom stereocenters. The molecule has 0 bridgehead atoms. The Bertz CT molecular complexity index is 813. The number of unbranched alkanes of at least 4 members (excludes halogenated alkanes) is 2. The number of nitrogens with zero attached hydrogens (tertiary/aromatic N) is 2. The van der Waals surface area contributed by atoms with Crippen LogP contribution in [0.3, 0.4) is 0 Å². The average Bonchev–Trinajstić information content (AvgIpc) is 3.21. The first-order chi connectivity index (χ1) is 13.0. The van der Waals surface area contributed by atoms with Gasteiger partial charge in [-0.3, -0.25) is 14.5 Å². The van der Waals surface area contributed by atoms with Gasteiger partial charge in [0.1, 0.15) is 5.84 Å². The van der Waals surface area contributed by atoms with Crippen molar-refractivity contribution in [2.75, 3.05) is 26.7 Å². The van der Waals surface area contributed by atoms with Gasteiger partial charge in [0.05, 0.1) is 4.90 Å². The van der Waals surface area contributed by atoms with Crippen molar-refractivity contribution in [3.63, 3.8) is 0 Å². The van der Waals surface area contributed by atoms with E-state index in [1.807, 2.05) is 18.0 Å². The number of hydrogen-bond acceptors (Lipinski definition) is 5. The summed E-state index contributed by atoms with van der Waals surface area (Å²) < 4.78 is 26.6. The molecule has 3 rings (SSSR count). The SMILES string of the molecule is CNCC1CCCN1C(=O)CCCCCN=C1NS(=O)(=O)c2ccccc21.Cl. The number of halogens is 1. The number of sulfonamides is 1. The predicted molar refractivity (Wildman–Crippen MR) is 113 cm³/mol. The summed E-state index contributed by atoms with van der Waals surface area (Å²) >= 11 is 0. The lowest BCUT2D eigenvalue weighted by molar-refractivity contribution is -0.132. The first-order valence-corrected chi connectivity index (χ1v) is 11.1. The van der Waals surface area contributed by atoms with Crippen molar-refractivity contribution in [3.8, 4) is 0 Å². The molecule has 156 valence electrons. The summed E-state index contributed by atoms with van der Waals surface area (Å²) in [6.45, 7) is 2.28. The number of benzene rings is 1. The molecule has 2 aliphatic rings. The molecule has 1 aromatic carbocycles. The molecular weight excluding hydrogens is 400 g/mol. The van der Waals surface area contributed by atoms with E-state index >= 15 is 0 Å². The Morgan fingerprint density at radius 3 is 2.86 bits per heavy atom. The molecule has 0 aliphatic carbocycles. The normalized spacial score (nSPS) is 21.2. The predicted octanol–water partition coefficient (Wildman–Crippen LogP) is 1.92. The van der Waals surface area contributed by atoms with Crippen LogP contribution in [-0.2, 0) is 14.8 Å². The summed E-state index contributed by atoms with van der Waals surface area (Å²) in [7, 11) is -1.55. The fourth-order valence-corrected chi connectivity index (χ4v) is 5.01. The lowest BCUT2D eigenvalue weighted by Crippen LogP contribution is -2.40. The van der Waals surface area contributed by atoms with E-state index in [-0.39, 0.29) is 23.2 Å². The second kappa shape index (κ2) is 10.2. The maximum atomic E-state index is 12.4. The molecule has 1 aromatic rings. The lowest BCUT2D eigenvalue weighted by atomic mass is 10.1. The quantitative estimate of drug-likeness (QED) is 0.619. The highest BCUT2D eigenvalue weighted by Gasteiger charge is 2.30. The number of likely N-dealkylation sites (N-methyl/N-ethyl adjacent to an activating group) is 1. The molecule has 1 fully saturated rings. The van der Waals surface area contributed by atoms with Crippen LogP contribution in [0, 0.1) is 0 Å². The molecule has 7 nitrogen and oxygen atoms in total. The minimum Gasteiger partial charge on any atom is -0.338 e. The molecule has 1 saturated heterocycles. The van der Waals surface area contributed by atoms with Crippen LogP contribution in [0.5, 0.6) is 0 Å². The molecule has 28 heavy (non-hydrogen) atoms. The zero-order valence-corrected chi connectivity index (χ0v) is 17.8. The van der Waals surface area contributed by atoms with Gasteiger partial charge in [0.15, 0.2) is 0 Å². The summed E-state index contributed by atoms with van der Waals surface area (Å²) in [6, 6.07) is 7.21. The number of amidine groups is 1. The van der Waals surface area contributed by atoms with Crippen LogP contribution in [-0.4, -0.2) is 57.8 Å². The number of likely N-dealkylation sites (tertiary alicyclic amines) is 1. The third kappa shape index (κ3) is 5.24. The summed E-state index contributed by atoms with van der Waals surface area (Å²) in [4.78, 5) is 19.1. The second-order valence-corrected chi connectivity index (χ2v) is 8.73. The van der Waals surface area contributed by atoms with Gasteiger partial charge in [-0.15, -0.1) is 12.4 Å². The number of hydrogen-bond donors (Lipinski definition) is 2. The monoisotopic (exact) mass is 428 g/mol. The number of carbonyl (C=O) groups excluding carboxylic acids is 1. The zero-order valence-electron chi connectivity index (χ0n) is 16.2. The minimum atomic E-state index is -3.47. The third-order valence-electron chi connectivity index (χ3n) is 5.12. The van der Waals surface area contributed by atoms with Crippen molar-refractivity contribution in [3.05, 3.63) is 29.8 Å². The van der Waals surface area contributed by atoms with E-state index in [4.69, 9.17) is 0 Å².